The summed E-state index contributed by atoms with van der Waals surface area (Å²) in [5, 5.41) is 6.07. The molecule has 1 unspecified atom stereocenters. The lowest BCUT2D eigenvalue weighted by Crippen LogP contribution is -2.55. The second kappa shape index (κ2) is 8.37. The van der Waals surface area contributed by atoms with Gasteiger partial charge >= 0.3 is 0 Å². The molecule has 0 aliphatic heterocycles. The minimum Gasteiger partial charge on any atom is -0.484 e. The molecule has 5 rings (SSSR count). The van der Waals surface area contributed by atoms with Crippen molar-refractivity contribution in [2.75, 3.05) is 13.2 Å². The highest BCUT2D eigenvalue weighted by molar-refractivity contribution is 5.88. The van der Waals surface area contributed by atoms with Crippen molar-refractivity contribution in [1.29, 1.82) is 0 Å². The van der Waals surface area contributed by atoms with Crippen LogP contribution in [0.3, 0.4) is 0 Å². The van der Waals surface area contributed by atoms with E-state index < -0.39 is 6.04 Å². The van der Waals surface area contributed by atoms with E-state index in [1.807, 2.05) is 44.2 Å². The van der Waals surface area contributed by atoms with Gasteiger partial charge in [0.05, 0.1) is 0 Å². The topological polar surface area (TPSA) is 67.4 Å². The molecule has 0 heterocycles. The second-order valence-electron chi connectivity index (χ2n) is 10.0. The van der Waals surface area contributed by atoms with Crippen LogP contribution in [0.5, 0.6) is 5.75 Å². The van der Waals surface area contributed by atoms with Crippen LogP contribution in [0, 0.1) is 29.1 Å². The van der Waals surface area contributed by atoms with Gasteiger partial charge in [0.25, 0.3) is 5.91 Å². The fourth-order valence-electron chi connectivity index (χ4n) is 6.31. The molecule has 29 heavy (non-hydrogen) atoms. The van der Waals surface area contributed by atoms with E-state index in [0.29, 0.717) is 11.2 Å². The lowest BCUT2D eigenvalue weighted by Gasteiger charge is -2.57. The lowest BCUT2D eigenvalue weighted by atomic mass is 9.49. The van der Waals surface area contributed by atoms with E-state index >= 15 is 0 Å². The smallest absolute Gasteiger partial charge is 0.258 e. The van der Waals surface area contributed by atoms with Crippen molar-refractivity contribution < 1.29 is 14.3 Å². The second-order valence-corrected chi connectivity index (χ2v) is 10.0. The Morgan fingerprint density at radius 2 is 1.62 bits per heavy atom. The van der Waals surface area contributed by atoms with Gasteiger partial charge in [-0.25, -0.2) is 0 Å². The maximum Gasteiger partial charge on any atom is 0.258 e. The van der Waals surface area contributed by atoms with Crippen molar-refractivity contribution >= 4 is 11.8 Å². The Kier molecular flexibility index (Phi) is 5.84. The molecule has 4 aliphatic carbocycles. The van der Waals surface area contributed by atoms with Gasteiger partial charge in [-0.1, -0.05) is 32.0 Å². The van der Waals surface area contributed by atoms with Crippen LogP contribution >= 0.6 is 0 Å². The van der Waals surface area contributed by atoms with E-state index in [9.17, 15) is 9.59 Å². The number of hydrogen-bond donors (Lipinski definition) is 2. The first-order chi connectivity index (χ1) is 13.9. The van der Waals surface area contributed by atoms with E-state index in [2.05, 4.69) is 10.6 Å². The first-order valence-corrected chi connectivity index (χ1v) is 11.2. The summed E-state index contributed by atoms with van der Waals surface area (Å²) < 4.78 is 5.51. The van der Waals surface area contributed by atoms with E-state index in [1.54, 1.807) is 0 Å². The Hall–Kier alpha value is -2.04. The lowest BCUT2D eigenvalue weighted by molar-refractivity contribution is -0.132. The van der Waals surface area contributed by atoms with Crippen LogP contribution < -0.4 is 15.4 Å². The molecule has 4 bridgehead atoms. The molecule has 4 saturated carbocycles. The Morgan fingerprint density at radius 3 is 2.17 bits per heavy atom. The number of carbonyl (C=O) groups is 2. The number of amides is 2. The number of benzene rings is 1. The highest BCUT2D eigenvalue weighted by atomic mass is 16.5. The number of hydrogen-bond acceptors (Lipinski definition) is 3. The van der Waals surface area contributed by atoms with Crippen LogP contribution in [0.1, 0.15) is 52.4 Å². The molecule has 2 N–H and O–H groups in total. The minimum atomic E-state index is -0.532. The molecule has 1 aromatic rings. The van der Waals surface area contributed by atoms with Gasteiger partial charge in [-0.05, 0) is 79.7 Å². The predicted octanol–water partition coefficient (Wildman–Crippen LogP) is 3.54. The minimum absolute atomic E-state index is 0.0204. The summed E-state index contributed by atoms with van der Waals surface area (Å²) in [5.41, 5.74) is 0.298. The van der Waals surface area contributed by atoms with Crippen LogP contribution in [0.15, 0.2) is 30.3 Å². The summed E-state index contributed by atoms with van der Waals surface area (Å²) in [6.07, 6.45) is 8.01. The summed E-state index contributed by atoms with van der Waals surface area (Å²) in [6.45, 7) is 4.60. The zero-order chi connectivity index (χ0) is 20.4. The maximum atomic E-state index is 12.9. The van der Waals surface area contributed by atoms with Gasteiger partial charge in [-0.3, -0.25) is 9.59 Å². The van der Waals surface area contributed by atoms with E-state index in [1.165, 1.54) is 38.5 Å². The Bertz CT molecular complexity index is 696. The fraction of sp³-hybridized carbons (Fsp3) is 0.667. The van der Waals surface area contributed by atoms with Crippen LogP contribution in [0.25, 0.3) is 0 Å². The molecule has 0 saturated heterocycles. The molecular weight excluding hydrogens is 364 g/mol. The largest absolute Gasteiger partial charge is 0.484 e. The third kappa shape index (κ3) is 4.76. The van der Waals surface area contributed by atoms with Crippen LogP contribution in [0.4, 0.5) is 0 Å². The van der Waals surface area contributed by atoms with Crippen molar-refractivity contribution in [2.45, 2.75) is 58.4 Å². The molecule has 2 amide bonds. The number of ether oxygens (including phenoxy) is 1. The van der Waals surface area contributed by atoms with Crippen molar-refractivity contribution in [3.05, 3.63) is 30.3 Å². The zero-order valence-electron chi connectivity index (χ0n) is 17.7. The highest BCUT2D eigenvalue weighted by Crippen LogP contribution is 2.59. The molecule has 1 atom stereocenters. The van der Waals surface area contributed by atoms with E-state index in [4.69, 9.17) is 4.74 Å². The summed E-state index contributed by atoms with van der Waals surface area (Å²) in [5.74, 6) is 2.94. The number of rotatable bonds is 8. The monoisotopic (exact) mass is 398 g/mol. The van der Waals surface area contributed by atoms with Crippen molar-refractivity contribution in [1.82, 2.24) is 10.6 Å². The van der Waals surface area contributed by atoms with Crippen molar-refractivity contribution in [2.24, 2.45) is 29.1 Å². The summed E-state index contributed by atoms with van der Waals surface area (Å²) >= 11 is 0. The zero-order valence-corrected chi connectivity index (χ0v) is 17.7. The third-order valence-electron chi connectivity index (χ3n) is 7.18. The van der Waals surface area contributed by atoms with Gasteiger partial charge in [-0.2, -0.15) is 0 Å². The van der Waals surface area contributed by atoms with Gasteiger partial charge in [-0.15, -0.1) is 0 Å². The van der Waals surface area contributed by atoms with Crippen LogP contribution in [0.2, 0.25) is 0 Å². The van der Waals surface area contributed by atoms with Crippen LogP contribution in [-0.2, 0) is 9.59 Å². The first-order valence-electron chi connectivity index (χ1n) is 11.2. The molecule has 158 valence electrons. The maximum absolute atomic E-state index is 12.9. The standard InChI is InChI=1S/C24H34N2O3/c1-16(2)22(26-21(27)14-29-20-6-4-3-5-7-20)23(28)25-15-24-11-17-8-18(12-24)10-19(9-17)13-24/h3-7,16-19,22H,8-15H2,1-2H3,(H,25,28)(H,26,27). The Morgan fingerprint density at radius 1 is 1.03 bits per heavy atom. The third-order valence-corrected chi connectivity index (χ3v) is 7.18. The quantitative estimate of drug-likeness (QED) is 0.704. The van der Waals surface area contributed by atoms with Gasteiger partial charge in [0.15, 0.2) is 6.61 Å². The van der Waals surface area contributed by atoms with Gasteiger partial charge < -0.3 is 15.4 Å². The molecule has 0 radical (unpaired) electrons. The van der Waals surface area contributed by atoms with Gasteiger partial charge in [0, 0.05) is 6.54 Å². The molecule has 5 heteroatoms. The molecule has 4 fully saturated rings. The van der Waals surface area contributed by atoms with Crippen LogP contribution in [-0.4, -0.2) is 31.0 Å². The number of para-hydroxylation sites is 1. The first kappa shape index (κ1) is 20.2. The van der Waals surface area contributed by atoms with Gasteiger partial charge in [0.2, 0.25) is 5.91 Å². The van der Waals surface area contributed by atoms with Crippen molar-refractivity contribution in [3.63, 3.8) is 0 Å². The molecule has 5 nitrogen and oxygen atoms in total. The Labute approximate surface area is 174 Å². The number of nitrogens with one attached hydrogen (secondary N) is 2. The molecule has 0 spiro atoms. The fourth-order valence-corrected chi connectivity index (χ4v) is 6.31. The molecule has 0 aromatic heterocycles. The van der Waals surface area contributed by atoms with E-state index in [-0.39, 0.29) is 24.3 Å². The summed E-state index contributed by atoms with van der Waals surface area (Å²) in [4.78, 5) is 25.3. The van der Waals surface area contributed by atoms with E-state index in [0.717, 1.165) is 24.3 Å². The summed E-state index contributed by atoms with van der Waals surface area (Å²) in [6, 6.07) is 8.72. The average Bonchev–Trinajstić information content (AvgIpc) is 2.68. The molecule has 1 aromatic carbocycles. The molecule has 4 aliphatic rings. The summed E-state index contributed by atoms with van der Waals surface area (Å²) in [7, 11) is 0. The van der Waals surface area contributed by atoms with Crippen molar-refractivity contribution in [3.8, 4) is 5.75 Å². The van der Waals surface area contributed by atoms with Gasteiger partial charge in [0.1, 0.15) is 11.8 Å². The Balaban J connectivity index is 1.29. The number of carbonyl (C=O) groups excluding carboxylic acids is 2. The highest BCUT2D eigenvalue weighted by Gasteiger charge is 2.50. The predicted molar refractivity (Wildman–Crippen MR) is 112 cm³/mol. The normalized spacial score (nSPS) is 30.8. The average molecular weight is 399 g/mol. The SMILES string of the molecule is CC(C)C(NC(=O)COc1ccccc1)C(=O)NCC12CC3CC(CC(C3)C1)C2. The molecular formula is C24H34N2O3.